The molecule has 1 aliphatic rings. The molecule has 0 bridgehead atoms. The number of benzene rings is 1. The summed E-state index contributed by atoms with van der Waals surface area (Å²) >= 11 is 3.45. The van der Waals surface area contributed by atoms with E-state index in [9.17, 15) is 5.11 Å². The van der Waals surface area contributed by atoms with Gasteiger partial charge in [-0.05, 0) is 45.0 Å². The van der Waals surface area contributed by atoms with Crippen molar-refractivity contribution >= 4 is 15.9 Å². The van der Waals surface area contributed by atoms with Gasteiger partial charge in [0.25, 0.3) is 0 Å². The Morgan fingerprint density at radius 3 is 2.67 bits per heavy atom. The molecule has 0 radical (unpaired) electrons. The molecular formula is C14H21BrN2O. The molecule has 2 N–H and O–H groups in total. The van der Waals surface area contributed by atoms with Gasteiger partial charge < -0.3 is 10.4 Å². The molecule has 0 spiro atoms. The Morgan fingerprint density at radius 2 is 2.06 bits per heavy atom. The Bertz CT molecular complexity index is 414. The summed E-state index contributed by atoms with van der Waals surface area (Å²) in [5.41, 5.74) is 1.27. The number of piperidine rings is 1. The standard InChI is InChI=1S/C14H21BrN2O/c1-14(16-2)5-7-17(8-6-14)10-11-9-12(15)3-4-13(11)18/h3-4,9,16,18H,5-8,10H2,1-2H3. The van der Waals surface area contributed by atoms with Crippen LogP contribution in [0.15, 0.2) is 22.7 Å². The monoisotopic (exact) mass is 312 g/mol. The molecule has 0 saturated carbocycles. The second-order valence-electron chi connectivity index (χ2n) is 5.36. The molecule has 1 fully saturated rings. The van der Waals surface area contributed by atoms with Gasteiger partial charge in [0.1, 0.15) is 5.75 Å². The number of likely N-dealkylation sites (tertiary alicyclic amines) is 1. The quantitative estimate of drug-likeness (QED) is 0.901. The van der Waals surface area contributed by atoms with Gasteiger partial charge in [0.05, 0.1) is 0 Å². The van der Waals surface area contributed by atoms with E-state index in [4.69, 9.17) is 0 Å². The molecule has 0 amide bonds. The number of halogens is 1. The van der Waals surface area contributed by atoms with Crippen molar-refractivity contribution in [1.82, 2.24) is 10.2 Å². The van der Waals surface area contributed by atoms with Crippen molar-refractivity contribution in [3.63, 3.8) is 0 Å². The summed E-state index contributed by atoms with van der Waals surface area (Å²) < 4.78 is 1.02. The zero-order chi connectivity index (χ0) is 13.2. The van der Waals surface area contributed by atoms with Crippen molar-refractivity contribution in [2.45, 2.75) is 31.8 Å². The van der Waals surface area contributed by atoms with Crippen molar-refractivity contribution in [3.8, 4) is 5.75 Å². The average Bonchev–Trinajstić information content (AvgIpc) is 2.37. The molecule has 1 heterocycles. The summed E-state index contributed by atoms with van der Waals surface area (Å²) in [5.74, 6) is 0.389. The van der Waals surface area contributed by atoms with Gasteiger partial charge in [-0.2, -0.15) is 0 Å². The molecule has 3 nitrogen and oxygen atoms in total. The highest BCUT2D eigenvalue weighted by molar-refractivity contribution is 9.10. The second-order valence-corrected chi connectivity index (χ2v) is 6.28. The summed E-state index contributed by atoms with van der Waals surface area (Å²) in [4.78, 5) is 2.40. The van der Waals surface area contributed by atoms with Crippen LogP contribution >= 0.6 is 15.9 Å². The number of nitrogens with one attached hydrogen (secondary N) is 1. The summed E-state index contributed by atoms with van der Waals surface area (Å²) in [6, 6.07) is 5.62. The molecule has 100 valence electrons. The number of phenols is 1. The SMILES string of the molecule is CNC1(C)CCN(Cc2cc(Br)ccc2O)CC1. The number of aromatic hydroxyl groups is 1. The van der Waals surface area contributed by atoms with Crippen molar-refractivity contribution in [2.24, 2.45) is 0 Å². The third-order valence-corrected chi connectivity index (χ3v) is 4.49. The molecule has 1 aromatic rings. The third-order valence-electron chi connectivity index (χ3n) is 4.00. The van der Waals surface area contributed by atoms with Crippen molar-refractivity contribution in [1.29, 1.82) is 0 Å². The highest BCUT2D eigenvalue weighted by Crippen LogP contribution is 2.26. The molecule has 0 unspecified atom stereocenters. The summed E-state index contributed by atoms with van der Waals surface area (Å²) in [5, 5.41) is 13.3. The number of rotatable bonds is 3. The molecule has 1 aromatic carbocycles. The molecule has 0 atom stereocenters. The van der Waals surface area contributed by atoms with E-state index in [0.29, 0.717) is 5.75 Å². The fraction of sp³-hybridized carbons (Fsp3) is 0.571. The lowest BCUT2D eigenvalue weighted by Crippen LogP contribution is -2.49. The first-order valence-corrected chi connectivity index (χ1v) is 7.20. The Balaban J connectivity index is 1.97. The minimum absolute atomic E-state index is 0.274. The molecule has 1 aliphatic heterocycles. The largest absolute Gasteiger partial charge is 0.508 e. The summed E-state index contributed by atoms with van der Waals surface area (Å²) in [6.07, 6.45) is 2.30. The zero-order valence-electron chi connectivity index (χ0n) is 11.0. The molecular weight excluding hydrogens is 292 g/mol. The maximum Gasteiger partial charge on any atom is 0.120 e. The highest BCUT2D eigenvalue weighted by atomic mass is 79.9. The molecule has 1 saturated heterocycles. The van der Waals surface area contributed by atoms with Crippen LogP contribution in [0.4, 0.5) is 0 Å². The molecule has 0 aromatic heterocycles. The predicted octanol–water partition coefficient (Wildman–Crippen LogP) is 2.73. The van der Waals surface area contributed by atoms with Gasteiger partial charge in [0.15, 0.2) is 0 Å². The lowest BCUT2D eigenvalue weighted by Gasteiger charge is -2.39. The normalized spacial score (nSPS) is 19.9. The number of phenolic OH excluding ortho intramolecular Hbond substituents is 1. The van der Waals surface area contributed by atoms with E-state index in [1.807, 2.05) is 19.2 Å². The lowest BCUT2D eigenvalue weighted by atomic mass is 9.90. The minimum Gasteiger partial charge on any atom is -0.508 e. The fourth-order valence-electron chi connectivity index (χ4n) is 2.38. The van der Waals surface area contributed by atoms with Gasteiger partial charge in [-0.3, -0.25) is 4.90 Å². The Morgan fingerprint density at radius 1 is 1.39 bits per heavy atom. The van der Waals surface area contributed by atoms with E-state index in [-0.39, 0.29) is 5.54 Å². The molecule has 2 rings (SSSR count). The van der Waals surface area contributed by atoms with Crippen LogP contribution in [0, 0.1) is 0 Å². The van der Waals surface area contributed by atoms with Gasteiger partial charge in [0, 0.05) is 35.2 Å². The van der Waals surface area contributed by atoms with Crippen LogP contribution in [-0.2, 0) is 6.54 Å². The lowest BCUT2D eigenvalue weighted by molar-refractivity contribution is 0.145. The van der Waals surface area contributed by atoms with Gasteiger partial charge in [0.2, 0.25) is 0 Å². The topological polar surface area (TPSA) is 35.5 Å². The van der Waals surface area contributed by atoms with Crippen LogP contribution < -0.4 is 5.32 Å². The minimum atomic E-state index is 0.274. The molecule has 0 aliphatic carbocycles. The third kappa shape index (κ3) is 3.25. The molecule has 4 heteroatoms. The van der Waals surface area contributed by atoms with Crippen LogP contribution in [-0.4, -0.2) is 35.7 Å². The highest BCUT2D eigenvalue weighted by Gasteiger charge is 2.28. The van der Waals surface area contributed by atoms with E-state index in [1.54, 1.807) is 6.07 Å². The van der Waals surface area contributed by atoms with Gasteiger partial charge >= 0.3 is 0 Å². The van der Waals surface area contributed by atoms with E-state index >= 15 is 0 Å². The average molecular weight is 313 g/mol. The van der Waals surface area contributed by atoms with E-state index in [1.165, 1.54) is 0 Å². The van der Waals surface area contributed by atoms with Gasteiger partial charge in [-0.1, -0.05) is 15.9 Å². The number of nitrogens with zero attached hydrogens (tertiary/aromatic N) is 1. The summed E-state index contributed by atoms with van der Waals surface area (Å²) in [7, 11) is 2.04. The second kappa shape index (κ2) is 5.59. The first-order chi connectivity index (χ1) is 8.52. The van der Waals surface area contributed by atoms with Crippen molar-refractivity contribution < 1.29 is 5.11 Å². The van der Waals surface area contributed by atoms with E-state index in [0.717, 1.165) is 42.5 Å². The first kappa shape index (κ1) is 13.8. The Labute approximate surface area is 117 Å². The van der Waals surface area contributed by atoms with Crippen LogP contribution in [0.5, 0.6) is 5.75 Å². The maximum absolute atomic E-state index is 9.85. The van der Waals surface area contributed by atoms with Crippen LogP contribution in [0.3, 0.4) is 0 Å². The van der Waals surface area contributed by atoms with E-state index < -0.39 is 0 Å². The van der Waals surface area contributed by atoms with E-state index in [2.05, 4.69) is 33.1 Å². The van der Waals surface area contributed by atoms with Gasteiger partial charge in [-0.25, -0.2) is 0 Å². The smallest absolute Gasteiger partial charge is 0.120 e. The zero-order valence-corrected chi connectivity index (χ0v) is 12.6. The Hall–Kier alpha value is -0.580. The number of hydrogen-bond acceptors (Lipinski definition) is 3. The van der Waals surface area contributed by atoms with Crippen LogP contribution in [0.25, 0.3) is 0 Å². The van der Waals surface area contributed by atoms with Crippen LogP contribution in [0.2, 0.25) is 0 Å². The molecule has 18 heavy (non-hydrogen) atoms. The Kier molecular flexibility index (Phi) is 4.30. The van der Waals surface area contributed by atoms with Crippen molar-refractivity contribution in [2.75, 3.05) is 20.1 Å². The van der Waals surface area contributed by atoms with Crippen LogP contribution in [0.1, 0.15) is 25.3 Å². The maximum atomic E-state index is 9.85. The van der Waals surface area contributed by atoms with Crippen molar-refractivity contribution in [3.05, 3.63) is 28.2 Å². The number of hydrogen-bond donors (Lipinski definition) is 2. The fourth-order valence-corrected chi connectivity index (χ4v) is 2.78. The first-order valence-electron chi connectivity index (χ1n) is 6.41. The van der Waals surface area contributed by atoms with Gasteiger partial charge in [-0.15, -0.1) is 0 Å². The summed E-state index contributed by atoms with van der Waals surface area (Å²) in [6.45, 7) is 5.25. The predicted molar refractivity (Wildman–Crippen MR) is 77.8 cm³/mol.